The highest BCUT2D eigenvalue weighted by molar-refractivity contribution is 7.60. The first kappa shape index (κ1) is 40.4. The van der Waals surface area contributed by atoms with E-state index in [1.54, 1.807) is 56.3 Å². The summed E-state index contributed by atoms with van der Waals surface area (Å²) in [4.78, 5) is 72.5. The zero-order chi connectivity index (χ0) is 39.4. The monoisotopic (exact) mass is 767 g/mol. The van der Waals surface area contributed by atoms with Crippen molar-refractivity contribution >= 4 is 42.0 Å². The number of alkyl carbamates (subject to hydrolysis) is 1. The number of aliphatic carboxylic acids is 1. The molecular formula is C41H46N5O8P. The normalized spacial score (nSPS) is 14.5. The van der Waals surface area contributed by atoms with E-state index in [0.29, 0.717) is 11.3 Å². The number of fused-ring (bicyclic) bond motifs is 1. The van der Waals surface area contributed by atoms with E-state index in [1.807, 2.05) is 60.7 Å². The first-order chi connectivity index (χ1) is 26.4. The van der Waals surface area contributed by atoms with E-state index in [9.17, 15) is 33.7 Å². The molecule has 5 aromatic rings. The Morgan fingerprint density at radius 3 is 2.04 bits per heavy atom. The van der Waals surface area contributed by atoms with Crippen molar-refractivity contribution in [1.82, 2.24) is 25.9 Å². The molecule has 288 valence electrons. The average molecular weight is 768 g/mol. The number of nitrogens with zero attached hydrogens (tertiary/aromatic N) is 1. The zero-order valence-electron chi connectivity index (χ0n) is 30.6. The molecule has 3 unspecified atom stereocenters. The second-order valence-corrected chi connectivity index (χ2v) is 16.4. The molecule has 0 saturated carbocycles. The van der Waals surface area contributed by atoms with Crippen LogP contribution in [0.1, 0.15) is 42.7 Å². The Morgan fingerprint density at radius 2 is 1.38 bits per heavy atom. The molecule has 6 N–H and O–H groups in total. The maximum atomic E-state index is 14.2. The number of aromatic nitrogens is 2. The summed E-state index contributed by atoms with van der Waals surface area (Å²) in [5.41, 5.74) is 0.815. The van der Waals surface area contributed by atoms with Crippen LogP contribution in [0.4, 0.5) is 4.79 Å². The van der Waals surface area contributed by atoms with Crippen molar-refractivity contribution in [2.75, 3.05) is 0 Å². The van der Waals surface area contributed by atoms with Gasteiger partial charge in [0.15, 0.2) is 0 Å². The third kappa shape index (κ3) is 11.4. The van der Waals surface area contributed by atoms with Crippen LogP contribution in [-0.4, -0.2) is 67.4 Å². The number of hydrogen-bond acceptors (Lipinski definition) is 7. The number of nitrogens with one attached hydrogen (secondary N) is 4. The van der Waals surface area contributed by atoms with Gasteiger partial charge in [-0.25, -0.2) is 9.78 Å². The molecule has 55 heavy (non-hydrogen) atoms. The topological polar surface area (TPSA) is 200 Å². The van der Waals surface area contributed by atoms with Gasteiger partial charge in [-0.05, 0) is 46.2 Å². The molecule has 1 aromatic heterocycles. The number of H-pyrrole nitrogens is 1. The molecule has 13 nitrogen and oxygen atoms in total. The third-order valence-electron chi connectivity index (χ3n) is 9.19. The number of carbonyl (C=O) groups is 4. The lowest BCUT2D eigenvalue weighted by atomic mass is 9.98. The molecule has 0 spiro atoms. The Balaban J connectivity index is 1.42. The first-order valence-corrected chi connectivity index (χ1v) is 19.8. The highest BCUT2D eigenvalue weighted by atomic mass is 31.2. The molecule has 0 fully saturated rings. The smallest absolute Gasteiger partial charge is 0.408 e. The van der Waals surface area contributed by atoms with Gasteiger partial charge < -0.3 is 35.7 Å². The quantitative estimate of drug-likeness (QED) is 0.0616. The molecular weight excluding hydrogens is 721 g/mol. The number of aromatic amines is 1. The highest BCUT2D eigenvalue weighted by Gasteiger charge is 2.45. The number of benzene rings is 4. The Hall–Kier alpha value is -5.78. The average Bonchev–Trinajstić information content (AvgIpc) is 3.69. The Morgan fingerprint density at radius 1 is 0.764 bits per heavy atom. The molecule has 0 aliphatic heterocycles. The van der Waals surface area contributed by atoms with Gasteiger partial charge >= 0.3 is 12.1 Å². The van der Waals surface area contributed by atoms with Crippen molar-refractivity contribution in [3.05, 3.63) is 138 Å². The summed E-state index contributed by atoms with van der Waals surface area (Å²) in [5, 5.41) is 20.0. The number of imidazole rings is 1. The lowest BCUT2D eigenvalue weighted by Gasteiger charge is -2.31. The standard InChI is InChI=1S/C41H46N5O8P/c1-27(2)20-37(55(52,53)36(40(49)50)21-28-12-5-3-6-13-28)46-39(48)35(23-32-24-42-26-43-32)44-38(47)34(45-41(51)54-25-29-14-7-4-8-15-29)22-31-18-11-17-30-16-9-10-19-33(30)31/h3-19,24,26-27,34-37H,20-23,25H2,1-2H3,(H,42,43)(H,44,47)(H,45,51)(H,46,48)(H,49,50)(H,52,53)/t34-,35+,36?,37?/m1/s1. The van der Waals surface area contributed by atoms with Gasteiger partial charge in [-0.15, -0.1) is 0 Å². The second kappa shape index (κ2) is 19.0. The summed E-state index contributed by atoms with van der Waals surface area (Å²) in [5.74, 6) is -4.68. The number of amides is 3. The Labute approximate surface area is 319 Å². The minimum Gasteiger partial charge on any atom is -0.481 e. The lowest BCUT2D eigenvalue weighted by molar-refractivity contribution is -0.136. The van der Waals surface area contributed by atoms with Crippen LogP contribution in [0, 0.1) is 5.92 Å². The molecule has 5 atom stereocenters. The van der Waals surface area contributed by atoms with Crippen molar-refractivity contribution < 1.29 is 38.5 Å². The summed E-state index contributed by atoms with van der Waals surface area (Å²) >= 11 is 0. The van der Waals surface area contributed by atoms with Gasteiger partial charge in [0.1, 0.15) is 30.1 Å². The summed E-state index contributed by atoms with van der Waals surface area (Å²) in [6.07, 6.45) is 1.72. The molecule has 0 aliphatic carbocycles. The third-order valence-corrected chi connectivity index (χ3v) is 11.7. The predicted octanol–water partition coefficient (Wildman–Crippen LogP) is 5.58. The van der Waals surface area contributed by atoms with Crippen LogP contribution >= 0.6 is 7.37 Å². The van der Waals surface area contributed by atoms with Crippen molar-refractivity contribution in [2.45, 2.75) is 69.7 Å². The maximum Gasteiger partial charge on any atom is 0.408 e. The van der Waals surface area contributed by atoms with E-state index in [1.165, 1.54) is 12.5 Å². The van der Waals surface area contributed by atoms with Crippen LogP contribution in [-0.2, 0) is 49.6 Å². The van der Waals surface area contributed by atoms with E-state index < -0.39 is 54.8 Å². The van der Waals surface area contributed by atoms with Crippen molar-refractivity contribution in [3.63, 3.8) is 0 Å². The molecule has 5 rings (SSSR count). The van der Waals surface area contributed by atoms with E-state index in [4.69, 9.17) is 4.74 Å². The van der Waals surface area contributed by atoms with Gasteiger partial charge in [-0.2, -0.15) is 0 Å². The molecule has 0 bridgehead atoms. The first-order valence-electron chi connectivity index (χ1n) is 18.0. The number of carboxylic acids is 1. The van der Waals surface area contributed by atoms with Crippen LogP contribution in [0.15, 0.2) is 116 Å². The highest BCUT2D eigenvalue weighted by Crippen LogP contribution is 2.53. The minimum atomic E-state index is -4.66. The number of ether oxygens (including phenoxy) is 1. The lowest BCUT2D eigenvalue weighted by Crippen LogP contribution is -2.56. The second-order valence-electron chi connectivity index (χ2n) is 13.8. The van der Waals surface area contributed by atoms with Crippen LogP contribution in [0.25, 0.3) is 10.8 Å². The van der Waals surface area contributed by atoms with Gasteiger partial charge in [-0.1, -0.05) is 117 Å². The fraction of sp³-hybridized carbons (Fsp3) is 0.293. The van der Waals surface area contributed by atoms with Crippen molar-refractivity contribution in [3.8, 4) is 0 Å². The van der Waals surface area contributed by atoms with Gasteiger partial charge in [0.05, 0.1) is 6.33 Å². The van der Waals surface area contributed by atoms with Gasteiger partial charge in [0, 0.05) is 24.7 Å². The van der Waals surface area contributed by atoms with Crippen LogP contribution in [0.5, 0.6) is 0 Å². The molecule has 0 aliphatic rings. The maximum absolute atomic E-state index is 14.2. The summed E-state index contributed by atoms with van der Waals surface area (Å²) < 4.78 is 19.6. The van der Waals surface area contributed by atoms with E-state index >= 15 is 0 Å². The minimum absolute atomic E-state index is 0.0126. The fourth-order valence-corrected chi connectivity index (χ4v) is 8.61. The van der Waals surface area contributed by atoms with Gasteiger partial charge in [0.2, 0.25) is 19.2 Å². The number of rotatable bonds is 18. The summed E-state index contributed by atoms with van der Waals surface area (Å²) in [7, 11) is -4.66. The van der Waals surface area contributed by atoms with Crippen LogP contribution < -0.4 is 16.0 Å². The number of carbonyl (C=O) groups excluding carboxylic acids is 3. The largest absolute Gasteiger partial charge is 0.481 e. The predicted molar refractivity (Wildman–Crippen MR) is 208 cm³/mol. The molecule has 4 aromatic carbocycles. The van der Waals surface area contributed by atoms with E-state index in [2.05, 4.69) is 25.9 Å². The van der Waals surface area contributed by atoms with E-state index in [-0.39, 0.29) is 38.2 Å². The van der Waals surface area contributed by atoms with Crippen LogP contribution in [0.2, 0.25) is 0 Å². The summed E-state index contributed by atoms with van der Waals surface area (Å²) in [6.45, 7) is 3.53. The molecule has 3 amide bonds. The van der Waals surface area contributed by atoms with Gasteiger partial charge in [0.25, 0.3) is 0 Å². The number of hydrogen-bond donors (Lipinski definition) is 6. The SMILES string of the molecule is CC(C)CC(NC(=O)[C@H](Cc1cnc[nH]1)NC(=O)[C@@H](Cc1cccc2ccccc12)NC(=O)OCc1ccccc1)P(=O)(O)C(Cc1ccccc1)C(=O)O. The van der Waals surface area contributed by atoms with Crippen LogP contribution in [0.3, 0.4) is 0 Å². The van der Waals surface area contributed by atoms with Gasteiger partial charge in [-0.3, -0.25) is 18.9 Å². The number of carboxylic acid groups (broad SMARTS) is 1. The molecule has 14 heteroatoms. The summed E-state index contributed by atoms with van der Waals surface area (Å²) in [6, 6.07) is 28.2. The van der Waals surface area contributed by atoms with E-state index in [0.717, 1.165) is 21.9 Å². The van der Waals surface area contributed by atoms with Crippen molar-refractivity contribution in [1.29, 1.82) is 0 Å². The molecule has 1 heterocycles. The fourth-order valence-electron chi connectivity index (χ4n) is 6.35. The van der Waals surface area contributed by atoms with Crippen molar-refractivity contribution in [2.24, 2.45) is 5.92 Å². The zero-order valence-corrected chi connectivity index (χ0v) is 31.5. The Kier molecular flexibility index (Phi) is 14.0. The Bertz CT molecular complexity index is 2090. The molecule has 0 radical (unpaired) electrons. The molecule has 0 saturated heterocycles.